The zero-order valence-corrected chi connectivity index (χ0v) is 7.16. The Morgan fingerprint density at radius 1 is 1.15 bits per heavy atom. The molecule has 6 heteroatoms. The highest BCUT2D eigenvalue weighted by atomic mass is 19.4. The van der Waals surface area contributed by atoms with Crippen LogP contribution in [-0.2, 0) is 4.74 Å². The summed E-state index contributed by atoms with van der Waals surface area (Å²) in [4.78, 5) is 0. The minimum Gasteiger partial charge on any atom is -0.369 e. The molecule has 0 aliphatic heterocycles. The van der Waals surface area contributed by atoms with E-state index in [1.165, 1.54) is 0 Å². The van der Waals surface area contributed by atoms with Crippen molar-refractivity contribution in [2.24, 2.45) is 5.92 Å². The van der Waals surface area contributed by atoms with Gasteiger partial charge in [0.1, 0.15) is 6.61 Å². The average molecular weight is 205 g/mol. The van der Waals surface area contributed by atoms with Gasteiger partial charge in [0.25, 0.3) is 0 Å². The van der Waals surface area contributed by atoms with Crippen molar-refractivity contribution in [3.63, 3.8) is 0 Å². The zero-order valence-electron chi connectivity index (χ0n) is 7.16. The molecule has 1 nitrogen and oxygen atoms in total. The van der Waals surface area contributed by atoms with Crippen LogP contribution in [-0.4, -0.2) is 18.7 Å². The molecule has 0 rings (SSSR count). The molecule has 0 saturated carbocycles. The third kappa shape index (κ3) is 4.40. The lowest BCUT2D eigenvalue weighted by Crippen LogP contribution is -2.40. The molecule has 0 aliphatic rings. The molecule has 0 aromatic rings. The Bertz CT molecular complexity index is 151. The Morgan fingerprint density at radius 2 is 1.62 bits per heavy atom. The van der Waals surface area contributed by atoms with Crippen molar-refractivity contribution in [1.82, 2.24) is 0 Å². The van der Waals surface area contributed by atoms with Crippen LogP contribution in [0.3, 0.4) is 0 Å². The lowest BCUT2D eigenvalue weighted by Gasteiger charge is -2.19. The van der Waals surface area contributed by atoms with Gasteiger partial charge in [0.05, 0.1) is 6.61 Å². The number of hydrogen-bond donors (Lipinski definition) is 0. The number of alkyl halides is 5. The topological polar surface area (TPSA) is 9.23 Å². The quantitative estimate of drug-likeness (QED) is 0.641. The molecular formula is C7H10F5O. The summed E-state index contributed by atoms with van der Waals surface area (Å²) in [5, 5.41) is 0. The fourth-order valence-corrected chi connectivity index (χ4v) is 0.427. The average Bonchev–Trinajstić information content (AvgIpc) is 1.82. The molecule has 0 unspecified atom stereocenters. The standard InChI is InChI=1S/C7H10F5O/c1-5(2)3-13-4-6(8,9)7(10,11)12/h3,5H,4H2,1-2H3. The summed E-state index contributed by atoms with van der Waals surface area (Å²) in [6, 6.07) is 0. The van der Waals surface area contributed by atoms with Gasteiger partial charge in [0.15, 0.2) is 0 Å². The molecule has 0 aromatic heterocycles. The molecule has 0 amide bonds. The number of rotatable bonds is 4. The number of hydrogen-bond acceptors (Lipinski definition) is 1. The van der Waals surface area contributed by atoms with Crippen LogP contribution in [0.1, 0.15) is 13.8 Å². The molecule has 0 bridgehead atoms. The van der Waals surface area contributed by atoms with Crippen LogP contribution in [0.2, 0.25) is 0 Å². The summed E-state index contributed by atoms with van der Waals surface area (Å²) < 4.78 is 62.9. The van der Waals surface area contributed by atoms with Gasteiger partial charge in [-0.25, -0.2) is 0 Å². The molecule has 0 atom stereocenters. The molecule has 0 N–H and O–H groups in total. The number of ether oxygens (including phenoxy) is 1. The van der Waals surface area contributed by atoms with Crippen molar-refractivity contribution in [3.8, 4) is 0 Å². The van der Waals surface area contributed by atoms with E-state index >= 15 is 0 Å². The first-order valence-electron chi connectivity index (χ1n) is 3.56. The second kappa shape index (κ2) is 4.21. The van der Waals surface area contributed by atoms with Crippen LogP contribution in [0, 0.1) is 12.5 Å². The third-order valence-corrected chi connectivity index (χ3v) is 1.05. The van der Waals surface area contributed by atoms with Gasteiger partial charge in [-0.15, -0.1) is 0 Å². The van der Waals surface area contributed by atoms with Gasteiger partial charge in [-0.05, 0) is 5.92 Å². The van der Waals surface area contributed by atoms with Crippen LogP contribution in [0.25, 0.3) is 0 Å². The van der Waals surface area contributed by atoms with E-state index in [1.54, 1.807) is 13.8 Å². The van der Waals surface area contributed by atoms with Gasteiger partial charge in [0.2, 0.25) is 0 Å². The Hall–Kier alpha value is -0.390. The van der Waals surface area contributed by atoms with Gasteiger partial charge in [-0.1, -0.05) is 13.8 Å². The molecular weight excluding hydrogens is 195 g/mol. The molecule has 79 valence electrons. The number of halogens is 5. The van der Waals surface area contributed by atoms with Crippen molar-refractivity contribution in [1.29, 1.82) is 0 Å². The second-order valence-electron chi connectivity index (χ2n) is 2.89. The summed E-state index contributed by atoms with van der Waals surface area (Å²) in [5.74, 6) is -4.97. The van der Waals surface area contributed by atoms with Crippen molar-refractivity contribution >= 4 is 0 Å². The van der Waals surface area contributed by atoms with Crippen molar-refractivity contribution in [2.45, 2.75) is 25.9 Å². The van der Waals surface area contributed by atoms with Crippen molar-refractivity contribution < 1.29 is 26.7 Å². The van der Waals surface area contributed by atoms with Crippen molar-refractivity contribution in [2.75, 3.05) is 6.61 Å². The van der Waals surface area contributed by atoms with Gasteiger partial charge in [-0.2, -0.15) is 22.0 Å². The van der Waals surface area contributed by atoms with E-state index in [2.05, 4.69) is 4.74 Å². The smallest absolute Gasteiger partial charge is 0.369 e. The van der Waals surface area contributed by atoms with Crippen molar-refractivity contribution in [3.05, 3.63) is 6.61 Å². The van der Waals surface area contributed by atoms with Crippen LogP contribution in [0.5, 0.6) is 0 Å². The largest absolute Gasteiger partial charge is 0.455 e. The highest BCUT2D eigenvalue weighted by molar-refractivity contribution is 4.75. The first kappa shape index (κ1) is 12.6. The van der Waals surface area contributed by atoms with E-state index in [0.717, 1.165) is 6.61 Å². The highest BCUT2D eigenvalue weighted by Gasteiger charge is 2.57. The second-order valence-corrected chi connectivity index (χ2v) is 2.89. The molecule has 0 heterocycles. The third-order valence-electron chi connectivity index (χ3n) is 1.05. The van der Waals surface area contributed by atoms with E-state index in [4.69, 9.17) is 0 Å². The van der Waals surface area contributed by atoms with Gasteiger partial charge < -0.3 is 4.74 Å². The molecule has 0 aliphatic carbocycles. The monoisotopic (exact) mass is 205 g/mol. The SMILES string of the molecule is CC(C)[CH]OCC(F)(F)C(F)(F)F. The summed E-state index contributed by atoms with van der Waals surface area (Å²) in [6.45, 7) is 2.49. The highest BCUT2D eigenvalue weighted by Crippen LogP contribution is 2.35. The van der Waals surface area contributed by atoms with Gasteiger partial charge in [-0.3, -0.25) is 0 Å². The van der Waals surface area contributed by atoms with Gasteiger partial charge >= 0.3 is 12.1 Å². The van der Waals surface area contributed by atoms with E-state index in [0.29, 0.717) is 0 Å². The molecule has 0 spiro atoms. The predicted octanol–water partition coefficient (Wildman–Crippen LogP) is 3.02. The Morgan fingerprint density at radius 3 is 1.92 bits per heavy atom. The van der Waals surface area contributed by atoms with E-state index in [-0.39, 0.29) is 5.92 Å². The van der Waals surface area contributed by atoms with Crippen LogP contribution in [0.4, 0.5) is 22.0 Å². The van der Waals surface area contributed by atoms with Gasteiger partial charge in [0, 0.05) is 0 Å². The van der Waals surface area contributed by atoms with E-state index < -0.39 is 18.7 Å². The Balaban J connectivity index is 3.90. The zero-order chi connectivity index (χ0) is 10.7. The lowest BCUT2D eigenvalue weighted by atomic mass is 10.2. The maximum Gasteiger partial charge on any atom is 0.455 e. The molecule has 1 radical (unpaired) electrons. The fraction of sp³-hybridized carbons (Fsp3) is 0.857. The maximum atomic E-state index is 12.1. The predicted molar refractivity (Wildman–Crippen MR) is 36.1 cm³/mol. The summed E-state index contributed by atoms with van der Waals surface area (Å²) >= 11 is 0. The Labute approximate surface area is 72.9 Å². The molecule has 13 heavy (non-hydrogen) atoms. The first-order chi connectivity index (χ1) is 5.67. The summed E-state index contributed by atoms with van der Waals surface area (Å²) in [5.41, 5.74) is 0. The lowest BCUT2D eigenvalue weighted by molar-refractivity contribution is -0.294. The fourth-order valence-electron chi connectivity index (χ4n) is 0.427. The maximum absolute atomic E-state index is 12.1. The minimum absolute atomic E-state index is 0.191. The Kier molecular flexibility index (Phi) is 4.09. The van der Waals surface area contributed by atoms with Crippen LogP contribution >= 0.6 is 0 Å². The van der Waals surface area contributed by atoms with Crippen LogP contribution in [0.15, 0.2) is 0 Å². The normalized spacial score (nSPS) is 13.8. The molecule has 0 aromatic carbocycles. The first-order valence-corrected chi connectivity index (χ1v) is 3.56. The summed E-state index contributed by atoms with van der Waals surface area (Å²) in [6.07, 6.45) is -5.54. The molecule has 0 saturated heterocycles. The van der Waals surface area contributed by atoms with E-state index in [9.17, 15) is 22.0 Å². The van der Waals surface area contributed by atoms with Crippen LogP contribution < -0.4 is 0 Å². The molecule has 0 fully saturated rings. The minimum atomic E-state index is -5.54. The summed E-state index contributed by atoms with van der Waals surface area (Å²) in [7, 11) is 0. The van der Waals surface area contributed by atoms with E-state index in [1.807, 2.05) is 0 Å².